The minimum atomic E-state index is -1.34. The lowest BCUT2D eigenvalue weighted by Crippen LogP contribution is -2.52. The number of esters is 1. The molecule has 0 heterocycles. The zero-order valence-electron chi connectivity index (χ0n) is 17.8. The minimum Gasteiger partial charge on any atom is -0.461 e. The molecule has 4 N–H and O–H groups in total. The number of rotatable bonds is 10. The molecular weight excluding hydrogens is 390 g/mol. The maximum atomic E-state index is 12.6. The van der Waals surface area contributed by atoms with Crippen molar-refractivity contribution in [3.63, 3.8) is 0 Å². The molecule has 3 amide bonds. The Morgan fingerprint density at radius 1 is 1.07 bits per heavy atom. The second kappa shape index (κ2) is 11.9. The summed E-state index contributed by atoms with van der Waals surface area (Å²) in [4.78, 5) is 50.0. The van der Waals surface area contributed by atoms with Crippen LogP contribution >= 0.6 is 0 Å². The zero-order chi connectivity index (χ0) is 22.7. The molecule has 0 fully saturated rings. The van der Waals surface area contributed by atoms with E-state index in [1.165, 1.54) is 0 Å². The molecule has 1 atom stereocenters. The van der Waals surface area contributed by atoms with Gasteiger partial charge in [0.05, 0.1) is 0 Å². The monoisotopic (exact) mass is 421 g/mol. The van der Waals surface area contributed by atoms with Crippen LogP contribution < -0.4 is 11.5 Å². The molecular formula is C21H31N3O6. The van der Waals surface area contributed by atoms with Crippen molar-refractivity contribution < 1.29 is 28.7 Å². The van der Waals surface area contributed by atoms with Gasteiger partial charge in [0.1, 0.15) is 18.2 Å². The van der Waals surface area contributed by atoms with Gasteiger partial charge in [-0.15, -0.1) is 0 Å². The number of nitrogens with two attached hydrogens (primary N) is 2. The van der Waals surface area contributed by atoms with Crippen molar-refractivity contribution in [1.29, 1.82) is 0 Å². The summed E-state index contributed by atoms with van der Waals surface area (Å²) in [5, 5.41) is 0. The van der Waals surface area contributed by atoms with Crippen LogP contribution in [-0.2, 0) is 30.5 Å². The van der Waals surface area contributed by atoms with Gasteiger partial charge in [-0.25, -0.2) is 9.69 Å². The SMILES string of the molecule is CC(C)(C)OC(=O)N(C(=O)CCCN)[C@H](CCC(=O)OCc1ccccc1)C(N)=O. The molecule has 0 aromatic heterocycles. The Morgan fingerprint density at radius 3 is 2.23 bits per heavy atom. The largest absolute Gasteiger partial charge is 0.461 e. The van der Waals surface area contributed by atoms with E-state index in [9.17, 15) is 19.2 Å². The van der Waals surface area contributed by atoms with E-state index in [4.69, 9.17) is 20.9 Å². The van der Waals surface area contributed by atoms with Gasteiger partial charge in [0, 0.05) is 12.8 Å². The standard InChI is InChI=1S/C21H31N3O6/c1-21(2,3)30-20(28)24(17(25)10-7-13-22)16(19(23)27)11-12-18(26)29-14-15-8-5-4-6-9-15/h4-6,8-9,16H,7,10-14,22H2,1-3H3,(H2,23,27)/t16-/m1/s1. The fraction of sp³-hybridized carbons (Fsp3) is 0.524. The van der Waals surface area contributed by atoms with Gasteiger partial charge in [-0.2, -0.15) is 0 Å². The Kier molecular flexibility index (Phi) is 9.97. The molecule has 1 aromatic rings. The summed E-state index contributed by atoms with van der Waals surface area (Å²) < 4.78 is 10.4. The van der Waals surface area contributed by atoms with E-state index in [1.807, 2.05) is 18.2 Å². The summed E-state index contributed by atoms with van der Waals surface area (Å²) in [7, 11) is 0. The molecule has 0 aliphatic heterocycles. The Bertz CT molecular complexity index is 730. The van der Waals surface area contributed by atoms with Crippen LogP contribution in [0.15, 0.2) is 30.3 Å². The van der Waals surface area contributed by atoms with Gasteiger partial charge in [-0.05, 0) is 45.7 Å². The van der Waals surface area contributed by atoms with Gasteiger partial charge in [0.2, 0.25) is 11.8 Å². The Labute approximate surface area is 176 Å². The normalized spacial score (nSPS) is 12.0. The van der Waals surface area contributed by atoms with Crippen LogP contribution in [0.2, 0.25) is 0 Å². The van der Waals surface area contributed by atoms with Crippen molar-refractivity contribution >= 4 is 23.9 Å². The van der Waals surface area contributed by atoms with Crippen LogP contribution in [0.5, 0.6) is 0 Å². The van der Waals surface area contributed by atoms with E-state index in [2.05, 4.69) is 0 Å². The molecule has 9 nitrogen and oxygen atoms in total. The summed E-state index contributed by atoms with van der Waals surface area (Å²) in [5.74, 6) is -2.14. The number of imide groups is 1. The second-order valence-electron chi connectivity index (χ2n) is 7.74. The van der Waals surface area contributed by atoms with Crippen LogP contribution in [0.3, 0.4) is 0 Å². The first-order chi connectivity index (χ1) is 14.0. The third-order valence-electron chi connectivity index (χ3n) is 3.96. The fourth-order valence-electron chi connectivity index (χ4n) is 2.55. The summed E-state index contributed by atoms with van der Waals surface area (Å²) >= 11 is 0. The molecule has 30 heavy (non-hydrogen) atoms. The number of primary amides is 1. The Morgan fingerprint density at radius 2 is 1.70 bits per heavy atom. The molecule has 0 spiro atoms. The van der Waals surface area contributed by atoms with Crippen LogP contribution in [0.1, 0.15) is 52.0 Å². The molecule has 9 heteroatoms. The molecule has 0 aliphatic carbocycles. The first-order valence-corrected chi connectivity index (χ1v) is 9.79. The number of hydrogen-bond acceptors (Lipinski definition) is 7. The number of amides is 3. The lowest BCUT2D eigenvalue weighted by Gasteiger charge is -2.30. The molecule has 0 saturated carbocycles. The number of carbonyl (C=O) groups excluding carboxylic acids is 4. The van der Waals surface area contributed by atoms with Crippen molar-refractivity contribution in [2.24, 2.45) is 11.5 Å². The molecule has 1 aromatic carbocycles. The number of ether oxygens (including phenoxy) is 2. The van der Waals surface area contributed by atoms with Crippen LogP contribution in [0, 0.1) is 0 Å². The highest BCUT2D eigenvalue weighted by Gasteiger charge is 2.36. The number of carbonyl (C=O) groups is 4. The van der Waals surface area contributed by atoms with Gasteiger partial charge >= 0.3 is 12.1 Å². The van der Waals surface area contributed by atoms with Crippen molar-refractivity contribution in [3.05, 3.63) is 35.9 Å². The molecule has 0 unspecified atom stereocenters. The highest BCUT2D eigenvalue weighted by molar-refractivity contribution is 5.98. The van der Waals surface area contributed by atoms with E-state index in [1.54, 1.807) is 32.9 Å². The van der Waals surface area contributed by atoms with E-state index in [0.29, 0.717) is 11.3 Å². The molecule has 166 valence electrons. The summed E-state index contributed by atoms with van der Waals surface area (Å²) in [6.07, 6.45) is -1.10. The molecule has 0 saturated heterocycles. The van der Waals surface area contributed by atoms with Gasteiger partial charge in [0.25, 0.3) is 0 Å². The summed E-state index contributed by atoms with van der Waals surface area (Å²) in [6, 6.07) is 7.75. The average Bonchev–Trinajstić information content (AvgIpc) is 2.66. The van der Waals surface area contributed by atoms with Crippen molar-refractivity contribution in [1.82, 2.24) is 4.90 Å². The lowest BCUT2D eigenvalue weighted by atomic mass is 10.1. The lowest BCUT2D eigenvalue weighted by molar-refractivity contribution is -0.146. The van der Waals surface area contributed by atoms with Crippen molar-refractivity contribution in [3.8, 4) is 0 Å². The number of benzene rings is 1. The molecule has 0 radical (unpaired) electrons. The average molecular weight is 421 g/mol. The maximum Gasteiger partial charge on any atom is 0.417 e. The highest BCUT2D eigenvalue weighted by atomic mass is 16.6. The molecule has 0 bridgehead atoms. The topological polar surface area (TPSA) is 142 Å². The smallest absolute Gasteiger partial charge is 0.417 e. The van der Waals surface area contributed by atoms with Gasteiger partial charge in [0.15, 0.2) is 0 Å². The van der Waals surface area contributed by atoms with E-state index < -0.39 is 35.5 Å². The zero-order valence-corrected chi connectivity index (χ0v) is 17.8. The van der Waals surface area contributed by atoms with Crippen molar-refractivity contribution in [2.75, 3.05) is 6.54 Å². The maximum absolute atomic E-state index is 12.6. The van der Waals surface area contributed by atoms with E-state index >= 15 is 0 Å². The third kappa shape index (κ3) is 9.04. The molecule has 0 aliphatic rings. The quantitative estimate of drug-likeness (QED) is 0.549. The van der Waals surface area contributed by atoms with Crippen LogP contribution in [0.4, 0.5) is 4.79 Å². The second-order valence-corrected chi connectivity index (χ2v) is 7.74. The van der Waals surface area contributed by atoms with E-state index in [-0.39, 0.29) is 32.4 Å². The first-order valence-electron chi connectivity index (χ1n) is 9.79. The first kappa shape index (κ1) is 25.1. The highest BCUT2D eigenvalue weighted by Crippen LogP contribution is 2.17. The minimum absolute atomic E-state index is 0.0576. The number of nitrogens with zero attached hydrogens (tertiary/aromatic N) is 1. The predicted octanol–water partition coefficient (Wildman–Crippen LogP) is 1.87. The van der Waals surface area contributed by atoms with Gasteiger partial charge in [-0.3, -0.25) is 14.4 Å². The molecule has 1 rings (SSSR count). The fourth-order valence-corrected chi connectivity index (χ4v) is 2.55. The van der Waals surface area contributed by atoms with Gasteiger partial charge in [-0.1, -0.05) is 30.3 Å². The summed E-state index contributed by atoms with van der Waals surface area (Å²) in [6.45, 7) is 5.21. The predicted molar refractivity (Wildman–Crippen MR) is 110 cm³/mol. The third-order valence-corrected chi connectivity index (χ3v) is 3.96. The Hall–Kier alpha value is -2.94. The van der Waals surface area contributed by atoms with Crippen LogP contribution in [0.25, 0.3) is 0 Å². The summed E-state index contributed by atoms with van der Waals surface area (Å²) in [5.41, 5.74) is 10.8. The Balaban J connectivity index is 2.85. The van der Waals surface area contributed by atoms with Crippen molar-refractivity contribution in [2.45, 2.75) is 64.7 Å². The van der Waals surface area contributed by atoms with Crippen LogP contribution in [-0.4, -0.2) is 47.0 Å². The van der Waals surface area contributed by atoms with E-state index in [0.717, 1.165) is 5.56 Å². The van der Waals surface area contributed by atoms with Gasteiger partial charge < -0.3 is 20.9 Å². The number of hydrogen-bond donors (Lipinski definition) is 2.